The molecule has 0 aliphatic carbocycles. The van der Waals surface area contributed by atoms with Crippen LogP contribution in [0.1, 0.15) is 26.7 Å². The molecule has 0 amide bonds. The van der Waals surface area contributed by atoms with Gasteiger partial charge >= 0.3 is 5.69 Å². The smallest absolute Gasteiger partial charge is 0.330 e. The molecule has 0 unspecified atom stereocenters. The molecule has 136 valence electrons. The van der Waals surface area contributed by atoms with E-state index in [4.69, 9.17) is 17.3 Å². The summed E-state index contributed by atoms with van der Waals surface area (Å²) in [6.07, 6.45) is 3.59. The molecule has 0 radical (unpaired) electrons. The number of quaternary nitrogens is 1. The normalized spacial score (nSPS) is 11.4. The summed E-state index contributed by atoms with van der Waals surface area (Å²) in [4.78, 5) is 19.5. The lowest BCUT2D eigenvalue weighted by atomic mass is 10.3. The molecule has 0 spiro atoms. The first-order chi connectivity index (χ1) is 11.3. The van der Waals surface area contributed by atoms with Gasteiger partial charge in [-0.1, -0.05) is 25.6 Å². The number of nitrogens with one attached hydrogen (secondary N) is 1. The number of likely N-dealkylation sites (N-methyl/N-ethyl adjacent to an activating group) is 1. The summed E-state index contributed by atoms with van der Waals surface area (Å²) >= 11 is 5.28. The predicted octanol–water partition coefficient (Wildman–Crippen LogP) is 1.76. The first-order valence-electron chi connectivity index (χ1n) is 8.34. The molecule has 0 atom stereocenters. The van der Waals surface area contributed by atoms with Crippen molar-refractivity contribution in [2.75, 3.05) is 34.3 Å². The van der Waals surface area contributed by atoms with Gasteiger partial charge in [0.15, 0.2) is 5.65 Å². The van der Waals surface area contributed by atoms with Crippen LogP contribution in [0.2, 0.25) is 0 Å². The number of nitrogens with zero attached hydrogens (tertiary/aromatic N) is 4. The molecular formula is C16H30N5O2S+. The lowest BCUT2D eigenvalue weighted by Crippen LogP contribution is -2.36. The standard InChI is InChI=1S/C11H16N4OS.C5H14NO/c1-3-5-6-15-9-8(12-7-13-9)10(17)14(4-2)11(15)16;1-6(2,3)4-5-7/h7H,3-6H2,1-2H3,(H,12,13);7H,4-5H2,1-3H3/q;+1. The summed E-state index contributed by atoms with van der Waals surface area (Å²) in [6.45, 7) is 6.40. The van der Waals surface area contributed by atoms with E-state index in [9.17, 15) is 4.79 Å². The first kappa shape index (κ1) is 20.5. The van der Waals surface area contributed by atoms with E-state index < -0.39 is 0 Å². The topological polar surface area (TPSA) is 75.8 Å². The SMILES string of the molecule is CCCCn1c(=O)n(CC)c(=S)c2[nH]cnc21.C[N+](C)(C)CCO. The fraction of sp³-hybridized carbons (Fsp3) is 0.688. The quantitative estimate of drug-likeness (QED) is 0.611. The maximum Gasteiger partial charge on any atom is 0.330 e. The second-order valence-electron chi connectivity index (χ2n) is 6.68. The average molecular weight is 357 g/mol. The molecule has 0 saturated heterocycles. The molecule has 8 heteroatoms. The van der Waals surface area contributed by atoms with Crippen molar-refractivity contribution in [2.45, 2.75) is 39.8 Å². The van der Waals surface area contributed by atoms with Crippen molar-refractivity contribution in [1.82, 2.24) is 19.1 Å². The summed E-state index contributed by atoms with van der Waals surface area (Å²) in [5, 5.41) is 8.39. The Labute approximate surface area is 148 Å². The number of imidazole rings is 1. The van der Waals surface area contributed by atoms with Gasteiger partial charge in [0.05, 0.1) is 34.1 Å². The maximum atomic E-state index is 12.2. The highest BCUT2D eigenvalue weighted by atomic mass is 32.1. The Bertz CT molecular complexity index is 754. The summed E-state index contributed by atoms with van der Waals surface area (Å²) in [7, 11) is 6.16. The number of aliphatic hydroxyl groups is 1. The van der Waals surface area contributed by atoms with Crippen LogP contribution in [0.25, 0.3) is 11.2 Å². The Kier molecular flexibility index (Phi) is 7.78. The number of fused-ring (bicyclic) bond motifs is 1. The monoisotopic (exact) mass is 356 g/mol. The molecule has 2 rings (SSSR count). The van der Waals surface area contributed by atoms with Crippen LogP contribution in [-0.4, -0.2) is 63.0 Å². The average Bonchev–Trinajstić information content (AvgIpc) is 2.97. The van der Waals surface area contributed by atoms with Crippen molar-refractivity contribution in [3.8, 4) is 0 Å². The van der Waals surface area contributed by atoms with Crippen LogP contribution in [0, 0.1) is 4.64 Å². The van der Waals surface area contributed by atoms with E-state index in [1.165, 1.54) is 0 Å². The van der Waals surface area contributed by atoms with E-state index in [0.29, 0.717) is 23.4 Å². The summed E-state index contributed by atoms with van der Waals surface area (Å²) < 4.78 is 4.69. The van der Waals surface area contributed by atoms with E-state index >= 15 is 0 Å². The zero-order chi connectivity index (χ0) is 18.3. The van der Waals surface area contributed by atoms with Crippen LogP contribution >= 0.6 is 12.2 Å². The second kappa shape index (κ2) is 9.10. The molecule has 7 nitrogen and oxygen atoms in total. The molecule has 2 heterocycles. The molecule has 0 aliphatic heterocycles. The number of aromatic nitrogens is 4. The largest absolute Gasteiger partial charge is 0.391 e. The molecule has 0 bridgehead atoms. The van der Waals surface area contributed by atoms with Crippen LogP contribution in [0.5, 0.6) is 0 Å². The third kappa shape index (κ3) is 5.25. The number of aromatic amines is 1. The van der Waals surface area contributed by atoms with Gasteiger partial charge in [0.2, 0.25) is 0 Å². The number of aryl methyl sites for hydroxylation is 1. The summed E-state index contributed by atoms with van der Waals surface area (Å²) in [6, 6.07) is 0. The Balaban J connectivity index is 0.000000351. The summed E-state index contributed by atoms with van der Waals surface area (Å²) in [5.41, 5.74) is 1.38. The Morgan fingerprint density at radius 1 is 1.29 bits per heavy atom. The van der Waals surface area contributed by atoms with E-state index in [-0.39, 0.29) is 12.3 Å². The second-order valence-corrected chi connectivity index (χ2v) is 7.06. The van der Waals surface area contributed by atoms with Crippen molar-refractivity contribution in [3.63, 3.8) is 0 Å². The summed E-state index contributed by atoms with van der Waals surface area (Å²) in [5.74, 6) is 0. The zero-order valence-corrected chi connectivity index (χ0v) is 16.2. The van der Waals surface area contributed by atoms with E-state index in [0.717, 1.165) is 29.4 Å². The van der Waals surface area contributed by atoms with Crippen LogP contribution in [0.4, 0.5) is 0 Å². The van der Waals surface area contributed by atoms with Crippen molar-refractivity contribution in [3.05, 3.63) is 21.5 Å². The minimum absolute atomic E-state index is 0.0643. The van der Waals surface area contributed by atoms with Gasteiger partial charge in [-0.25, -0.2) is 9.78 Å². The van der Waals surface area contributed by atoms with Gasteiger partial charge in [-0.2, -0.15) is 0 Å². The fourth-order valence-electron chi connectivity index (χ4n) is 2.20. The maximum absolute atomic E-state index is 12.2. The number of unbranched alkanes of at least 4 members (excludes halogenated alkanes) is 1. The van der Waals surface area contributed by atoms with E-state index in [1.807, 2.05) is 6.92 Å². The van der Waals surface area contributed by atoms with E-state index in [2.05, 4.69) is 38.0 Å². The number of aliphatic hydroxyl groups excluding tert-OH is 1. The van der Waals surface area contributed by atoms with Gasteiger partial charge in [-0.05, 0) is 13.3 Å². The molecular weight excluding hydrogens is 326 g/mol. The third-order valence-corrected chi connectivity index (χ3v) is 4.04. The fourth-order valence-corrected chi connectivity index (χ4v) is 2.56. The molecule has 0 fully saturated rings. The van der Waals surface area contributed by atoms with Gasteiger partial charge in [0.1, 0.15) is 16.7 Å². The van der Waals surface area contributed by atoms with Crippen molar-refractivity contribution in [2.24, 2.45) is 0 Å². The van der Waals surface area contributed by atoms with Crippen LogP contribution < -0.4 is 5.69 Å². The highest BCUT2D eigenvalue weighted by Crippen LogP contribution is 2.09. The van der Waals surface area contributed by atoms with Crippen LogP contribution in [-0.2, 0) is 13.1 Å². The Morgan fingerprint density at radius 2 is 1.96 bits per heavy atom. The minimum Gasteiger partial charge on any atom is -0.391 e. The number of hydrogen-bond acceptors (Lipinski definition) is 4. The van der Waals surface area contributed by atoms with Gasteiger partial charge in [-0.15, -0.1) is 0 Å². The zero-order valence-electron chi connectivity index (χ0n) is 15.4. The van der Waals surface area contributed by atoms with Crippen LogP contribution in [0.15, 0.2) is 11.1 Å². The number of H-pyrrole nitrogens is 1. The van der Waals surface area contributed by atoms with Crippen LogP contribution in [0.3, 0.4) is 0 Å². The number of rotatable bonds is 6. The first-order valence-corrected chi connectivity index (χ1v) is 8.75. The lowest BCUT2D eigenvalue weighted by molar-refractivity contribution is -0.870. The molecule has 2 aromatic heterocycles. The molecule has 0 aliphatic rings. The number of hydrogen-bond donors (Lipinski definition) is 2. The molecule has 2 N–H and O–H groups in total. The minimum atomic E-state index is -0.0643. The van der Waals surface area contributed by atoms with Gasteiger partial charge in [0, 0.05) is 13.1 Å². The highest BCUT2D eigenvalue weighted by molar-refractivity contribution is 7.71. The molecule has 0 saturated carbocycles. The van der Waals surface area contributed by atoms with Gasteiger partial charge < -0.3 is 14.6 Å². The lowest BCUT2D eigenvalue weighted by Gasteiger charge is -2.21. The van der Waals surface area contributed by atoms with Crippen molar-refractivity contribution in [1.29, 1.82) is 0 Å². The van der Waals surface area contributed by atoms with Gasteiger partial charge in [-0.3, -0.25) is 9.13 Å². The van der Waals surface area contributed by atoms with Crippen molar-refractivity contribution >= 4 is 23.4 Å². The molecule has 2 aromatic rings. The highest BCUT2D eigenvalue weighted by Gasteiger charge is 2.11. The predicted molar refractivity (Wildman–Crippen MR) is 99.7 cm³/mol. The third-order valence-electron chi connectivity index (χ3n) is 3.62. The Morgan fingerprint density at radius 3 is 2.42 bits per heavy atom. The van der Waals surface area contributed by atoms with E-state index in [1.54, 1.807) is 15.5 Å². The Hall–Kier alpha value is -1.51. The molecule has 0 aromatic carbocycles. The molecule has 24 heavy (non-hydrogen) atoms. The van der Waals surface area contributed by atoms with Gasteiger partial charge in [0.25, 0.3) is 0 Å². The van der Waals surface area contributed by atoms with Crippen molar-refractivity contribution < 1.29 is 9.59 Å².